The summed E-state index contributed by atoms with van der Waals surface area (Å²) >= 11 is 6.10. The first kappa shape index (κ1) is 12.5. The molecular weight excluding hydrogens is 232 g/mol. The van der Waals surface area contributed by atoms with Gasteiger partial charge < -0.3 is 4.74 Å². The van der Waals surface area contributed by atoms with Gasteiger partial charge in [0.2, 0.25) is 0 Å². The predicted molar refractivity (Wildman–Crippen MR) is 73.6 cm³/mol. The molecule has 92 valence electrons. The van der Waals surface area contributed by atoms with Gasteiger partial charge >= 0.3 is 0 Å². The standard InChI is InChI=1S/C15H19ClO/c1-15(2)6-4-11(5-7-15)12-8-13(16)10-14(9-12)17-3/h4,8-10H,5-7H2,1-3H3. The lowest BCUT2D eigenvalue weighted by Gasteiger charge is -2.28. The summed E-state index contributed by atoms with van der Waals surface area (Å²) in [6.45, 7) is 4.64. The van der Waals surface area contributed by atoms with Crippen LogP contribution in [0, 0.1) is 5.41 Å². The minimum Gasteiger partial charge on any atom is -0.497 e. The van der Waals surface area contributed by atoms with Gasteiger partial charge in [0.15, 0.2) is 0 Å². The van der Waals surface area contributed by atoms with E-state index in [4.69, 9.17) is 16.3 Å². The number of methoxy groups -OCH3 is 1. The van der Waals surface area contributed by atoms with Crippen molar-refractivity contribution in [2.45, 2.75) is 33.1 Å². The molecule has 0 heterocycles. The predicted octanol–water partition coefficient (Wildman–Crippen LogP) is 4.94. The molecule has 0 bridgehead atoms. The number of ether oxygens (including phenoxy) is 1. The molecule has 2 heteroatoms. The Morgan fingerprint density at radius 3 is 2.59 bits per heavy atom. The zero-order valence-electron chi connectivity index (χ0n) is 10.7. The topological polar surface area (TPSA) is 9.23 Å². The van der Waals surface area contributed by atoms with E-state index in [0.29, 0.717) is 5.41 Å². The third-order valence-electron chi connectivity index (χ3n) is 3.45. The number of hydrogen-bond acceptors (Lipinski definition) is 1. The van der Waals surface area contributed by atoms with Crippen LogP contribution in [-0.4, -0.2) is 7.11 Å². The first-order valence-electron chi connectivity index (χ1n) is 6.04. The van der Waals surface area contributed by atoms with Crippen LogP contribution in [0.25, 0.3) is 5.57 Å². The van der Waals surface area contributed by atoms with Crippen LogP contribution in [0.4, 0.5) is 0 Å². The summed E-state index contributed by atoms with van der Waals surface area (Å²) in [5.74, 6) is 0.832. The molecule has 0 radical (unpaired) electrons. The summed E-state index contributed by atoms with van der Waals surface area (Å²) in [5.41, 5.74) is 3.03. The highest BCUT2D eigenvalue weighted by Gasteiger charge is 2.22. The lowest BCUT2D eigenvalue weighted by molar-refractivity contribution is 0.335. The van der Waals surface area contributed by atoms with E-state index in [1.807, 2.05) is 12.1 Å². The highest BCUT2D eigenvalue weighted by Crippen LogP contribution is 2.39. The molecule has 1 aromatic rings. The van der Waals surface area contributed by atoms with E-state index in [0.717, 1.165) is 23.6 Å². The maximum Gasteiger partial charge on any atom is 0.120 e. The largest absolute Gasteiger partial charge is 0.497 e. The van der Waals surface area contributed by atoms with E-state index in [-0.39, 0.29) is 0 Å². The maximum atomic E-state index is 6.10. The fraction of sp³-hybridized carbons (Fsp3) is 0.467. The molecule has 1 aliphatic carbocycles. The van der Waals surface area contributed by atoms with Gasteiger partial charge in [0, 0.05) is 5.02 Å². The third kappa shape index (κ3) is 3.04. The van der Waals surface area contributed by atoms with E-state index in [1.165, 1.54) is 17.6 Å². The van der Waals surface area contributed by atoms with Crippen LogP contribution in [0.5, 0.6) is 5.75 Å². The summed E-state index contributed by atoms with van der Waals surface area (Å²) in [6, 6.07) is 5.93. The second-order valence-electron chi connectivity index (χ2n) is 5.48. The lowest BCUT2D eigenvalue weighted by atomic mass is 9.77. The molecule has 17 heavy (non-hydrogen) atoms. The van der Waals surface area contributed by atoms with Gasteiger partial charge in [-0.2, -0.15) is 0 Å². The van der Waals surface area contributed by atoms with Crippen LogP contribution in [0.1, 0.15) is 38.7 Å². The van der Waals surface area contributed by atoms with Crippen molar-refractivity contribution in [1.82, 2.24) is 0 Å². The number of benzene rings is 1. The minimum atomic E-state index is 0.437. The molecule has 0 atom stereocenters. The van der Waals surface area contributed by atoms with Gasteiger partial charge in [0.05, 0.1) is 7.11 Å². The Hall–Kier alpha value is -0.950. The fourth-order valence-corrected chi connectivity index (χ4v) is 2.43. The normalized spacial score (nSPS) is 18.7. The summed E-state index contributed by atoms with van der Waals surface area (Å²) in [4.78, 5) is 0. The highest BCUT2D eigenvalue weighted by atomic mass is 35.5. The SMILES string of the molecule is COc1cc(Cl)cc(C2=CCC(C)(C)CC2)c1. The van der Waals surface area contributed by atoms with Crippen molar-refractivity contribution in [2.75, 3.05) is 7.11 Å². The fourth-order valence-electron chi connectivity index (χ4n) is 2.20. The summed E-state index contributed by atoms with van der Waals surface area (Å²) in [7, 11) is 1.67. The smallest absolute Gasteiger partial charge is 0.120 e. The van der Waals surface area contributed by atoms with Crippen molar-refractivity contribution in [1.29, 1.82) is 0 Å². The van der Waals surface area contributed by atoms with Crippen molar-refractivity contribution >= 4 is 17.2 Å². The Morgan fingerprint density at radius 2 is 2.00 bits per heavy atom. The molecule has 1 aliphatic rings. The monoisotopic (exact) mass is 250 g/mol. The number of halogens is 1. The van der Waals surface area contributed by atoms with Crippen LogP contribution in [0.2, 0.25) is 5.02 Å². The average Bonchev–Trinajstić information content (AvgIpc) is 2.28. The quantitative estimate of drug-likeness (QED) is 0.722. The van der Waals surface area contributed by atoms with Crippen LogP contribution in [0.15, 0.2) is 24.3 Å². The van der Waals surface area contributed by atoms with Gasteiger partial charge in [-0.05, 0) is 54.0 Å². The Kier molecular flexibility index (Phi) is 3.48. The molecule has 0 amide bonds. The Labute approximate surface area is 108 Å². The zero-order chi connectivity index (χ0) is 12.5. The zero-order valence-corrected chi connectivity index (χ0v) is 11.5. The second-order valence-corrected chi connectivity index (χ2v) is 5.91. The van der Waals surface area contributed by atoms with Gasteiger partial charge in [0.25, 0.3) is 0 Å². The third-order valence-corrected chi connectivity index (χ3v) is 3.67. The molecule has 0 unspecified atom stereocenters. The summed E-state index contributed by atoms with van der Waals surface area (Å²) in [6.07, 6.45) is 5.83. The van der Waals surface area contributed by atoms with E-state index in [2.05, 4.69) is 26.0 Å². The number of allylic oxidation sites excluding steroid dienone is 2. The molecule has 0 N–H and O–H groups in total. The van der Waals surface area contributed by atoms with E-state index in [9.17, 15) is 0 Å². The Morgan fingerprint density at radius 1 is 1.24 bits per heavy atom. The maximum absolute atomic E-state index is 6.10. The van der Waals surface area contributed by atoms with Crippen LogP contribution in [-0.2, 0) is 0 Å². The Bertz CT molecular complexity index is 446. The van der Waals surface area contributed by atoms with Gasteiger partial charge in [-0.1, -0.05) is 31.5 Å². The summed E-state index contributed by atoms with van der Waals surface area (Å²) in [5, 5.41) is 0.741. The van der Waals surface area contributed by atoms with E-state index in [1.54, 1.807) is 7.11 Å². The molecule has 0 saturated heterocycles. The van der Waals surface area contributed by atoms with Crippen LogP contribution in [0.3, 0.4) is 0 Å². The first-order valence-corrected chi connectivity index (χ1v) is 6.42. The molecule has 2 rings (SSSR count). The molecule has 0 saturated carbocycles. The van der Waals surface area contributed by atoms with E-state index >= 15 is 0 Å². The average molecular weight is 251 g/mol. The lowest BCUT2D eigenvalue weighted by Crippen LogP contribution is -2.14. The molecule has 0 aromatic heterocycles. The van der Waals surface area contributed by atoms with Gasteiger partial charge in [-0.3, -0.25) is 0 Å². The number of hydrogen-bond donors (Lipinski definition) is 0. The molecule has 0 fully saturated rings. The van der Waals surface area contributed by atoms with Crippen molar-refractivity contribution in [3.05, 3.63) is 34.9 Å². The van der Waals surface area contributed by atoms with Gasteiger partial charge in [-0.15, -0.1) is 0 Å². The van der Waals surface area contributed by atoms with Crippen LogP contribution >= 0.6 is 11.6 Å². The van der Waals surface area contributed by atoms with Gasteiger partial charge in [-0.25, -0.2) is 0 Å². The number of rotatable bonds is 2. The molecule has 0 spiro atoms. The summed E-state index contributed by atoms with van der Waals surface area (Å²) < 4.78 is 5.26. The van der Waals surface area contributed by atoms with Crippen molar-refractivity contribution in [3.8, 4) is 5.75 Å². The van der Waals surface area contributed by atoms with Gasteiger partial charge in [0.1, 0.15) is 5.75 Å². The van der Waals surface area contributed by atoms with Crippen LogP contribution < -0.4 is 4.74 Å². The van der Waals surface area contributed by atoms with E-state index < -0.39 is 0 Å². The highest BCUT2D eigenvalue weighted by molar-refractivity contribution is 6.30. The van der Waals surface area contributed by atoms with Crippen molar-refractivity contribution < 1.29 is 4.74 Å². The molecule has 1 nitrogen and oxygen atoms in total. The second kappa shape index (κ2) is 4.73. The molecule has 1 aromatic carbocycles. The van der Waals surface area contributed by atoms with Crippen molar-refractivity contribution in [2.24, 2.45) is 5.41 Å². The molecular formula is C15H19ClO. The first-order chi connectivity index (χ1) is 8.00. The minimum absolute atomic E-state index is 0.437. The van der Waals surface area contributed by atoms with Crippen molar-refractivity contribution in [3.63, 3.8) is 0 Å². The Balaban J connectivity index is 2.29. The molecule has 0 aliphatic heterocycles.